The molecule has 2 heterocycles. The van der Waals surface area contributed by atoms with Crippen LogP contribution in [0.2, 0.25) is 0 Å². The van der Waals surface area contributed by atoms with Gasteiger partial charge in [-0.2, -0.15) is 0 Å². The van der Waals surface area contributed by atoms with Gasteiger partial charge in [0.1, 0.15) is 31.3 Å². The molecule has 200 valence electrons. The summed E-state index contributed by atoms with van der Waals surface area (Å²) in [6.45, 7) is 0.791. The first-order valence-corrected chi connectivity index (χ1v) is 13.5. The van der Waals surface area contributed by atoms with E-state index in [4.69, 9.17) is 9.47 Å². The molecule has 1 fully saturated rings. The summed E-state index contributed by atoms with van der Waals surface area (Å²) in [4.78, 5) is 29.8. The van der Waals surface area contributed by atoms with Crippen LogP contribution in [0.3, 0.4) is 0 Å². The summed E-state index contributed by atoms with van der Waals surface area (Å²) in [7, 11) is 0. The maximum Gasteiger partial charge on any atom is 0.249 e. The Labute approximate surface area is 226 Å². The van der Waals surface area contributed by atoms with Crippen molar-refractivity contribution in [2.24, 2.45) is 0 Å². The molecule has 2 amide bonds. The zero-order valence-electron chi connectivity index (χ0n) is 21.7. The van der Waals surface area contributed by atoms with Gasteiger partial charge in [0, 0.05) is 17.8 Å². The van der Waals surface area contributed by atoms with Gasteiger partial charge in [-0.25, -0.2) is 4.68 Å². The van der Waals surface area contributed by atoms with E-state index in [-0.39, 0.29) is 24.4 Å². The zero-order chi connectivity index (χ0) is 26.6. The first kappa shape index (κ1) is 24.9. The molecule has 1 aliphatic heterocycles. The number of para-hydroxylation sites is 1. The highest BCUT2D eigenvalue weighted by Crippen LogP contribution is 2.37. The largest absolute Gasteiger partial charge is 0.486 e. The van der Waals surface area contributed by atoms with Crippen molar-refractivity contribution in [1.82, 2.24) is 20.3 Å². The van der Waals surface area contributed by atoms with Crippen molar-refractivity contribution in [3.05, 3.63) is 78.4 Å². The summed E-state index contributed by atoms with van der Waals surface area (Å²) in [6.07, 6.45) is 5.24. The Balaban J connectivity index is 1.41. The Morgan fingerprint density at radius 2 is 1.67 bits per heavy atom. The van der Waals surface area contributed by atoms with E-state index in [1.165, 1.54) is 6.42 Å². The second-order valence-corrected chi connectivity index (χ2v) is 9.98. The highest BCUT2D eigenvalue weighted by molar-refractivity contribution is 6.02. The molecule has 9 nitrogen and oxygen atoms in total. The standard InChI is InChI=1S/C30H31N5O4/c36-28(20-34-25-14-8-7-13-24(25)32-33-34)35(23-15-16-26-27(19-23)39-18-17-38-26)29(21-9-3-1-4-10-21)30(37)31-22-11-5-2-6-12-22/h1,3-4,7-10,13-16,19,22,29H,2,5-6,11-12,17-18,20H2,(H,31,37)/t29-/m0/s1. The van der Waals surface area contributed by atoms with E-state index in [0.717, 1.165) is 36.8 Å². The van der Waals surface area contributed by atoms with Crippen LogP contribution >= 0.6 is 0 Å². The zero-order valence-corrected chi connectivity index (χ0v) is 21.7. The maximum atomic E-state index is 14.2. The van der Waals surface area contributed by atoms with Crippen LogP contribution in [-0.2, 0) is 16.1 Å². The normalized spacial score (nSPS) is 16.0. The van der Waals surface area contributed by atoms with Gasteiger partial charge in [0.15, 0.2) is 11.5 Å². The molecule has 1 aliphatic carbocycles. The SMILES string of the molecule is O=C(NC1CCCCC1)[C@H](c1ccccc1)N(C(=O)Cn1nnc2ccccc21)c1ccc2c(c1)OCCO2. The molecule has 1 aromatic heterocycles. The van der Waals surface area contributed by atoms with Gasteiger partial charge < -0.3 is 14.8 Å². The van der Waals surface area contributed by atoms with Crippen LogP contribution in [0.5, 0.6) is 11.5 Å². The van der Waals surface area contributed by atoms with Crippen molar-refractivity contribution in [3.8, 4) is 11.5 Å². The Morgan fingerprint density at radius 1 is 0.923 bits per heavy atom. The third kappa shape index (κ3) is 5.30. The van der Waals surface area contributed by atoms with Crippen molar-refractivity contribution in [2.45, 2.75) is 50.7 Å². The lowest BCUT2D eigenvalue weighted by Gasteiger charge is -2.34. The smallest absolute Gasteiger partial charge is 0.249 e. The van der Waals surface area contributed by atoms with Crippen LogP contribution < -0.4 is 19.7 Å². The van der Waals surface area contributed by atoms with E-state index >= 15 is 0 Å². The van der Waals surface area contributed by atoms with Crippen LogP contribution in [0.15, 0.2) is 72.8 Å². The predicted octanol–water partition coefficient (Wildman–Crippen LogP) is 4.43. The Morgan fingerprint density at radius 3 is 2.49 bits per heavy atom. The predicted molar refractivity (Wildman–Crippen MR) is 147 cm³/mol. The molecular weight excluding hydrogens is 494 g/mol. The van der Waals surface area contributed by atoms with Crippen LogP contribution in [0.25, 0.3) is 11.0 Å². The number of carbonyl (C=O) groups excluding carboxylic acids is 2. The number of fused-ring (bicyclic) bond motifs is 2. The van der Waals surface area contributed by atoms with Crippen LogP contribution in [0, 0.1) is 0 Å². The molecule has 0 unspecified atom stereocenters. The molecule has 0 spiro atoms. The second-order valence-electron chi connectivity index (χ2n) is 9.98. The van der Waals surface area contributed by atoms with E-state index in [2.05, 4.69) is 15.6 Å². The lowest BCUT2D eigenvalue weighted by atomic mass is 9.94. The summed E-state index contributed by atoms with van der Waals surface area (Å²) < 4.78 is 13.1. The number of anilines is 1. The average Bonchev–Trinajstić information content (AvgIpc) is 3.39. The highest BCUT2D eigenvalue weighted by Gasteiger charge is 2.35. The third-order valence-electron chi connectivity index (χ3n) is 7.35. The highest BCUT2D eigenvalue weighted by atomic mass is 16.6. The van der Waals surface area contributed by atoms with Gasteiger partial charge >= 0.3 is 0 Å². The number of aromatic nitrogens is 3. The third-order valence-corrected chi connectivity index (χ3v) is 7.35. The number of rotatable bonds is 7. The number of nitrogens with zero attached hydrogens (tertiary/aromatic N) is 4. The minimum absolute atomic E-state index is 0.0883. The van der Waals surface area contributed by atoms with E-state index in [1.54, 1.807) is 27.8 Å². The lowest BCUT2D eigenvalue weighted by molar-refractivity contribution is -0.127. The summed E-state index contributed by atoms with van der Waals surface area (Å²) in [6, 6.07) is 21.5. The summed E-state index contributed by atoms with van der Waals surface area (Å²) in [5.74, 6) is 0.652. The Bertz CT molecular complexity index is 1460. The first-order chi connectivity index (χ1) is 19.2. The van der Waals surface area contributed by atoms with E-state index in [1.807, 2.05) is 54.6 Å². The molecule has 3 aromatic carbocycles. The van der Waals surface area contributed by atoms with Gasteiger partial charge in [0.25, 0.3) is 0 Å². The number of benzene rings is 3. The number of nitrogens with one attached hydrogen (secondary N) is 1. The lowest BCUT2D eigenvalue weighted by Crippen LogP contribution is -2.48. The summed E-state index contributed by atoms with van der Waals surface area (Å²) in [5.41, 5.74) is 2.71. The summed E-state index contributed by atoms with van der Waals surface area (Å²) >= 11 is 0. The number of carbonyl (C=O) groups is 2. The molecule has 0 radical (unpaired) electrons. The molecule has 1 N–H and O–H groups in total. The van der Waals surface area contributed by atoms with Gasteiger partial charge in [-0.1, -0.05) is 66.9 Å². The molecule has 1 saturated carbocycles. The molecule has 9 heteroatoms. The number of hydrogen-bond acceptors (Lipinski definition) is 6. The minimum Gasteiger partial charge on any atom is -0.486 e. The molecule has 2 aliphatic rings. The second kappa shape index (κ2) is 11.1. The van der Waals surface area contributed by atoms with Crippen molar-refractivity contribution in [3.63, 3.8) is 0 Å². The van der Waals surface area contributed by atoms with Crippen molar-refractivity contribution < 1.29 is 19.1 Å². The fourth-order valence-corrected chi connectivity index (χ4v) is 5.44. The fraction of sp³-hybridized carbons (Fsp3) is 0.333. The monoisotopic (exact) mass is 525 g/mol. The van der Waals surface area contributed by atoms with E-state index in [9.17, 15) is 9.59 Å². The van der Waals surface area contributed by atoms with Crippen LogP contribution in [0.1, 0.15) is 43.7 Å². The van der Waals surface area contributed by atoms with E-state index in [0.29, 0.717) is 35.9 Å². The van der Waals surface area contributed by atoms with Crippen molar-refractivity contribution >= 4 is 28.5 Å². The van der Waals surface area contributed by atoms with Gasteiger partial charge in [0.2, 0.25) is 11.8 Å². The van der Waals surface area contributed by atoms with Gasteiger partial charge in [0.05, 0.1) is 5.52 Å². The summed E-state index contributed by atoms with van der Waals surface area (Å²) in [5, 5.41) is 11.7. The molecule has 4 aromatic rings. The molecule has 39 heavy (non-hydrogen) atoms. The molecule has 6 rings (SSSR count). The fourth-order valence-electron chi connectivity index (χ4n) is 5.44. The Hall–Kier alpha value is -4.40. The van der Waals surface area contributed by atoms with Gasteiger partial charge in [-0.15, -0.1) is 5.10 Å². The number of hydrogen-bond donors (Lipinski definition) is 1. The van der Waals surface area contributed by atoms with Crippen molar-refractivity contribution in [2.75, 3.05) is 18.1 Å². The van der Waals surface area contributed by atoms with Gasteiger partial charge in [-0.3, -0.25) is 14.5 Å². The molecule has 0 saturated heterocycles. The van der Waals surface area contributed by atoms with Crippen LogP contribution in [0.4, 0.5) is 5.69 Å². The van der Waals surface area contributed by atoms with Crippen LogP contribution in [-0.4, -0.2) is 46.1 Å². The molecular formula is C30H31N5O4. The first-order valence-electron chi connectivity index (χ1n) is 13.5. The van der Waals surface area contributed by atoms with Gasteiger partial charge in [-0.05, 0) is 42.7 Å². The van der Waals surface area contributed by atoms with Crippen molar-refractivity contribution in [1.29, 1.82) is 0 Å². The average molecular weight is 526 g/mol. The van der Waals surface area contributed by atoms with E-state index < -0.39 is 6.04 Å². The number of ether oxygens (including phenoxy) is 2. The number of amides is 2. The minimum atomic E-state index is -0.891. The topological polar surface area (TPSA) is 98.6 Å². The quantitative estimate of drug-likeness (QED) is 0.383. The maximum absolute atomic E-state index is 14.2. The molecule has 1 atom stereocenters. The molecule has 0 bridgehead atoms. The Kier molecular flexibility index (Phi) is 7.12.